The van der Waals surface area contributed by atoms with Gasteiger partial charge in [0.2, 0.25) is 5.91 Å². The van der Waals surface area contributed by atoms with Crippen LogP contribution in [-0.4, -0.2) is 45.5 Å². The Morgan fingerprint density at radius 1 is 1.14 bits per heavy atom. The first-order valence-electron chi connectivity index (χ1n) is 8.13. The van der Waals surface area contributed by atoms with Crippen molar-refractivity contribution < 1.29 is 9.59 Å². The Hall–Kier alpha value is -0.820. The van der Waals surface area contributed by atoms with Crippen LogP contribution in [0.2, 0.25) is 0 Å². The molecule has 124 valence electrons. The molecule has 0 bridgehead atoms. The summed E-state index contributed by atoms with van der Waals surface area (Å²) in [7, 11) is 0. The molecule has 1 aliphatic carbocycles. The topological polar surface area (TPSA) is 61.4 Å². The number of nitrogens with zero attached hydrogens (tertiary/aromatic N) is 1. The Morgan fingerprint density at radius 3 is 2.41 bits per heavy atom. The summed E-state index contributed by atoms with van der Waals surface area (Å²) in [4.78, 5) is 26.1. The van der Waals surface area contributed by atoms with Gasteiger partial charge in [-0.2, -0.15) is 0 Å². The number of carbonyl (C=O) groups excluding carboxylic acids is 2. The van der Waals surface area contributed by atoms with Gasteiger partial charge in [0.1, 0.15) is 4.32 Å². The van der Waals surface area contributed by atoms with Crippen LogP contribution in [0.1, 0.15) is 51.9 Å². The zero-order valence-electron chi connectivity index (χ0n) is 13.1. The zero-order chi connectivity index (χ0) is 15.9. The molecule has 7 heteroatoms. The predicted octanol–water partition coefficient (Wildman–Crippen LogP) is 2.65. The monoisotopic (exact) mass is 343 g/mol. The second kappa shape index (κ2) is 8.72. The largest absolute Gasteiger partial charge is 0.358 e. The van der Waals surface area contributed by atoms with Crippen molar-refractivity contribution in [3.8, 4) is 0 Å². The van der Waals surface area contributed by atoms with Crippen molar-refractivity contribution >= 4 is 40.2 Å². The lowest BCUT2D eigenvalue weighted by atomic mass is 9.96. The SMILES string of the molecule is C[C@H](SC(=S)N1CCCC1)C(=O)NC(=O)NC1CCCCC1. The molecular weight excluding hydrogens is 318 g/mol. The molecule has 2 aliphatic rings. The number of hydrogen-bond acceptors (Lipinski definition) is 4. The van der Waals surface area contributed by atoms with Gasteiger partial charge in [-0.3, -0.25) is 10.1 Å². The van der Waals surface area contributed by atoms with Crippen LogP contribution in [0, 0.1) is 0 Å². The van der Waals surface area contributed by atoms with Gasteiger partial charge in [-0.05, 0) is 32.6 Å². The highest BCUT2D eigenvalue weighted by atomic mass is 32.2. The summed E-state index contributed by atoms with van der Waals surface area (Å²) >= 11 is 6.72. The minimum absolute atomic E-state index is 0.204. The van der Waals surface area contributed by atoms with E-state index in [1.54, 1.807) is 6.92 Å². The van der Waals surface area contributed by atoms with Crippen molar-refractivity contribution in [3.63, 3.8) is 0 Å². The van der Waals surface area contributed by atoms with E-state index in [9.17, 15) is 9.59 Å². The second-order valence-electron chi connectivity index (χ2n) is 6.02. The number of rotatable bonds is 3. The van der Waals surface area contributed by atoms with Gasteiger partial charge in [-0.1, -0.05) is 43.2 Å². The van der Waals surface area contributed by atoms with Gasteiger partial charge in [0.25, 0.3) is 0 Å². The predicted molar refractivity (Wildman–Crippen MR) is 94.0 cm³/mol. The van der Waals surface area contributed by atoms with Crippen LogP contribution in [0.3, 0.4) is 0 Å². The molecule has 5 nitrogen and oxygen atoms in total. The van der Waals surface area contributed by atoms with Crippen LogP contribution >= 0.6 is 24.0 Å². The summed E-state index contributed by atoms with van der Waals surface area (Å²) in [6, 6.07) is -0.174. The van der Waals surface area contributed by atoms with E-state index in [0.717, 1.165) is 55.9 Å². The van der Waals surface area contributed by atoms with E-state index >= 15 is 0 Å². The van der Waals surface area contributed by atoms with Crippen molar-refractivity contribution in [3.05, 3.63) is 0 Å². The van der Waals surface area contributed by atoms with Crippen LogP contribution in [0.4, 0.5) is 4.79 Å². The van der Waals surface area contributed by atoms with Crippen molar-refractivity contribution in [2.45, 2.75) is 63.2 Å². The van der Waals surface area contributed by atoms with E-state index in [-0.39, 0.29) is 23.2 Å². The van der Waals surface area contributed by atoms with Crippen LogP contribution < -0.4 is 10.6 Å². The zero-order valence-corrected chi connectivity index (χ0v) is 14.7. The van der Waals surface area contributed by atoms with Crippen molar-refractivity contribution in [2.24, 2.45) is 0 Å². The van der Waals surface area contributed by atoms with E-state index in [2.05, 4.69) is 15.5 Å². The number of likely N-dealkylation sites (tertiary alicyclic amines) is 1. The molecule has 0 aromatic heterocycles. The Kier molecular flexibility index (Phi) is 6.95. The number of hydrogen-bond donors (Lipinski definition) is 2. The molecule has 0 aromatic carbocycles. The number of urea groups is 1. The molecule has 22 heavy (non-hydrogen) atoms. The van der Waals surface area contributed by atoms with Gasteiger partial charge < -0.3 is 10.2 Å². The van der Waals surface area contributed by atoms with E-state index in [4.69, 9.17) is 12.2 Å². The quantitative estimate of drug-likeness (QED) is 0.772. The summed E-state index contributed by atoms with van der Waals surface area (Å²) in [5.41, 5.74) is 0. The first-order valence-corrected chi connectivity index (χ1v) is 9.42. The molecule has 2 N–H and O–H groups in total. The minimum Gasteiger partial charge on any atom is -0.358 e. The normalized spacial score (nSPS) is 20.5. The van der Waals surface area contributed by atoms with Crippen molar-refractivity contribution in [2.75, 3.05) is 13.1 Å². The first-order chi connectivity index (χ1) is 10.6. The Bertz CT molecular complexity index is 419. The Labute approximate surface area is 142 Å². The molecular formula is C15H25N3O2S2. The number of thioether (sulfide) groups is 1. The van der Waals surface area contributed by atoms with Crippen LogP contribution in [0.5, 0.6) is 0 Å². The second-order valence-corrected chi connectivity index (χ2v) is 7.99. The van der Waals surface area contributed by atoms with Crippen molar-refractivity contribution in [1.82, 2.24) is 15.5 Å². The fraction of sp³-hybridized carbons (Fsp3) is 0.800. The lowest BCUT2D eigenvalue weighted by Crippen LogP contribution is -2.47. The van der Waals surface area contributed by atoms with Gasteiger partial charge in [0.05, 0.1) is 5.25 Å². The lowest BCUT2D eigenvalue weighted by molar-refractivity contribution is -0.119. The van der Waals surface area contributed by atoms with Gasteiger partial charge in [0.15, 0.2) is 0 Å². The Balaban J connectivity index is 1.70. The third kappa shape index (κ3) is 5.43. The van der Waals surface area contributed by atoms with Crippen LogP contribution in [-0.2, 0) is 4.79 Å². The van der Waals surface area contributed by atoms with Gasteiger partial charge in [-0.25, -0.2) is 4.79 Å². The molecule has 1 atom stereocenters. The molecule has 0 spiro atoms. The number of amides is 3. The molecule has 0 radical (unpaired) electrons. The maximum absolute atomic E-state index is 12.1. The highest BCUT2D eigenvalue weighted by Crippen LogP contribution is 2.20. The van der Waals surface area contributed by atoms with E-state index < -0.39 is 0 Å². The van der Waals surface area contributed by atoms with E-state index in [0.29, 0.717) is 0 Å². The fourth-order valence-corrected chi connectivity index (χ4v) is 4.28. The van der Waals surface area contributed by atoms with Crippen molar-refractivity contribution in [1.29, 1.82) is 0 Å². The van der Waals surface area contributed by atoms with Crippen LogP contribution in [0.15, 0.2) is 0 Å². The molecule has 0 aromatic rings. The molecule has 1 heterocycles. The highest BCUT2D eigenvalue weighted by molar-refractivity contribution is 8.23. The molecule has 0 unspecified atom stereocenters. The summed E-state index contributed by atoms with van der Waals surface area (Å²) in [6.45, 7) is 3.74. The molecule has 1 saturated heterocycles. The summed E-state index contributed by atoms with van der Waals surface area (Å²) in [5, 5.41) is 4.97. The number of nitrogens with one attached hydrogen (secondary N) is 2. The fourth-order valence-electron chi connectivity index (χ4n) is 2.86. The lowest BCUT2D eigenvalue weighted by Gasteiger charge is -2.23. The molecule has 1 saturated carbocycles. The minimum atomic E-state index is -0.378. The summed E-state index contributed by atoms with van der Waals surface area (Å²) in [6.07, 6.45) is 7.86. The smallest absolute Gasteiger partial charge is 0.321 e. The summed E-state index contributed by atoms with van der Waals surface area (Å²) < 4.78 is 0.757. The van der Waals surface area contributed by atoms with E-state index in [1.807, 2.05) is 0 Å². The van der Waals surface area contributed by atoms with Gasteiger partial charge in [-0.15, -0.1) is 0 Å². The standard InChI is InChI=1S/C15H25N3O2S2/c1-11(22-15(21)18-9-5-6-10-18)13(19)17-14(20)16-12-7-3-2-4-8-12/h11-12H,2-10H2,1H3,(H2,16,17,19,20)/t11-/m0/s1. The maximum atomic E-state index is 12.1. The third-order valence-electron chi connectivity index (χ3n) is 4.19. The van der Waals surface area contributed by atoms with Gasteiger partial charge in [0, 0.05) is 19.1 Å². The Morgan fingerprint density at radius 2 is 1.77 bits per heavy atom. The number of imide groups is 1. The number of carbonyl (C=O) groups is 2. The average Bonchev–Trinajstić information content (AvgIpc) is 3.02. The van der Waals surface area contributed by atoms with E-state index in [1.165, 1.54) is 18.2 Å². The first kappa shape index (κ1) is 17.5. The maximum Gasteiger partial charge on any atom is 0.321 e. The average molecular weight is 344 g/mol. The molecule has 3 amide bonds. The van der Waals surface area contributed by atoms with Gasteiger partial charge >= 0.3 is 6.03 Å². The molecule has 1 aliphatic heterocycles. The molecule has 2 rings (SSSR count). The number of thiocarbonyl (C=S) groups is 1. The summed E-state index contributed by atoms with van der Waals surface area (Å²) in [5.74, 6) is -0.278. The third-order valence-corrected chi connectivity index (χ3v) is 5.76. The highest BCUT2D eigenvalue weighted by Gasteiger charge is 2.23. The molecule has 2 fully saturated rings. The van der Waals surface area contributed by atoms with Crippen LogP contribution in [0.25, 0.3) is 0 Å².